The van der Waals surface area contributed by atoms with Crippen molar-refractivity contribution in [3.8, 4) is 5.75 Å². The number of carbonyl (C=O) groups excluding carboxylic acids is 1. The number of likely N-dealkylation sites (tertiary alicyclic amines) is 1. The van der Waals surface area contributed by atoms with E-state index in [0.717, 1.165) is 25.1 Å². The Hall–Kier alpha value is -1.30. The van der Waals surface area contributed by atoms with E-state index in [1.54, 1.807) is 7.11 Å². The number of rotatable bonds is 6. The van der Waals surface area contributed by atoms with Crippen LogP contribution in [0.3, 0.4) is 0 Å². The van der Waals surface area contributed by atoms with E-state index in [-0.39, 0.29) is 29.8 Å². The van der Waals surface area contributed by atoms with E-state index in [0.29, 0.717) is 25.3 Å². The Morgan fingerprint density at radius 2 is 1.96 bits per heavy atom. The zero-order valence-electron chi connectivity index (χ0n) is 14.8. The van der Waals surface area contributed by atoms with Crippen LogP contribution < -0.4 is 10.5 Å². The van der Waals surface area contributed by atoms with Crippen molar-refractivity contribution in [3.05, 3.63) is 29.8 Å². The molecule has 1 fully saturated rings. The van der Waals surface area contributed by atoms with Crippen molar-refractivity contribution in [1.29, 1.82) is 0 Å². The van der Waals surface area contributed by atoms with E-state index < -0.39 is 0 Å². The van der Waals surface area contributed by atoms with Gasteiger partial charge in [-0.15, -0.1) is 12.4 Å². The fourth-order valence-corrected chi connectivity index (χ4v) is 2.82. The topological polar surface area (TPSA) is 64.8 Å². The lowest BCUT2D eigenvalue weighted by molar-refractivity contribution is 0.0533. The number of hydrogen-bond donors (Lipinski definition) is 1. The number of ether oxygens (including phenoxy) is 2. The first-order valence-electron chi connectivity index (χ1n) is 8.21. The van der Waals surface area contributed by atoms with Gasteiger partial charge in [-0.2, -0.15) is 0 Å². The maximum Gasteiger partial charge on any atom is 0.253 e. The van der Waals surface area contributed by atoms with E-state index in [9.17, 15) is 4.79 Å². The van der Waals surface area contributed by atoms with Gasteiger partial charge in [0, 0.05) is 44.8 Å². The van der Waals surface area contributed by atoms with Crippen LogP contribution in [0.5, 0.6) is 5.75 Å². The van der Waals surface area contributed by atoms with Gasteiger partial charge in [-0.1, -0.05) is 13.8 Å². The van der Waals surface area contributed by atoms with Gasteiger partial charge in [0.15, 0.2) is 0 Å². The third kappa shape index (κ3) is 5.36. The second-order valence-corrected chi connectivity index (χ2v) is 6.83. The first-order chi connectivity index (χ1) is 10.9. The van der Waals surface area contributed by atoms with Gasteiger partial charge >= 0.3 is 0 Å². The Morgan fingerprint density at radius 3 is 2.54 bits per heavy atom. The first-order valence-corrected chi connectivity index (χ1v) is 8.21. The summed E-state index contributed by atoms with van der Waals surface area (Å²) in [7, 11) is 1.68. The van der Waals surface area contributed by atoms with Gasteiger partial charge in [0.05, 0.1) is 6.61 Å². The monoisotopic (exact) mass is 356 g/mol. The quantitative estimate of drug-likeness (QED) is 0.796. The van der Waals surface area contributed by atoms with Crippen LogP contribution >= 0.6 is 12.4 Å². The zero-order valence-corrected chi connectivity index (χ0v) is 15.6. The number of amides is 1. The lowest BCUT2D eigenvalue weighted by Crippen LogP contribution is -2.53. The molecule has 136 valence electrons. The molecule has 1 aromatic rings. The molecule has 0 aliphatic carbocycles. The fraction of sp³-hybridized carbons (Fsp3) is 0.611. The Balaban J connectivity index is 0.00000288. The average Bonchev–Trinajstić information content (AvgIpc) is 2.54. The summed E-state index contributed by atoms with van der Waals surface area (Å²) in [6, 6.07) is 7.50. The minimum Gasteiger partial charge on any atom is -0.494 e. The van der Waals surface area contributed by atoms with Gasteiger partial charge in [-0.05, 0) is 36.1 Å². The van der Waals surface area contributed by atoms with Gasteiger partial charge < -0.3 is 20.1 Å². The van der Waals surface area contributed by atoms with Crippen molar-refractivity contribution in [2.75, 3.05) is 33.4 Å². The second-order valence-electron chi connectivity index (χ2n) is 6.83. The molecule has 1 amide bonds. The summed E-state index contributed by atoms with van der Waals surface area (Å²) in [6.45, 7) is 6.95. The van der Waals surface area contributed by atoms with Gasteiger partial charge in [0.2, 0.25) is 0 Å². The maximum absolute atomic E-state index is 12.6. The van der Waals surface area contributed by atoms with Crippen molar-refractivity contribution >= 4 is 18.3 Å². The Bertz CT molecular complexity index is 520. The second kappa shape index (κ2) is 9.25. The Kier molecular flexibility index (Phi) is 8.00. The van der Waals surface area contributed by atoms with Crippen molar-refractivity contribution in [3.63, 3.8) is 0 Å². The number of methoxy groups -OCH3 is 1. The predicted molar refractivity (Wildman–Crippen MR) is 98.0 cm³/mol. The number of benzene rings is 1. The van der Waals surface area contributed by atoms with Crippen molar-refractivity contribution < 1.29 is 14.3 Å². The number of piperidine rings is 1. The molecule has 1 aromatic carbocycles. The van der Waals surface area contributed by atoms with E-state index in [1.807, 2.05) is 29.2 Å². The van der Waals surface area contributed by atoms with Gasteiger partial charge in [-0.25, -0.2) is 0 Å². The molecule has 0 bridgehead atoms. The summed E-state index contributed by atoms with van der Waals surface area (Å²) >= 11 is 0. The third-order valence-electron chi connectivity index (χ3n) is 4.46. The van der Waals surface area contributed by atoms with E-state index >= 15 is 0 Å². The normalized spacial score (nSPS) is 19.5. The number of carbonyl (C=O) groups is 1. The molecule has 6 heteroatoms. The summed E-state index contributed by atoms with van der Waals surface area (Å²) < 4.78 is 10.6. The maximum atomic E-state index is 12.6. The molecule has 0 radical (unpaired) electrons. The molecule has 1 saturated heterocycles. The standard InChI is InChI=1S/C18H28N2O3.ClH/c1-18(2)13-20(10-9-16(18)19)17(21)14-5-7-15(8-6-14)23-12-4-11-22-3;/h5-8,16H,4,9-13,19H2,1-3H3;1H. The largest absolute Gasteiger partial charge is 0.494 e. The molecular weight excluding hydrogens is 328 g/mol. The number of nitrogens with zero attached hydrogens (tertiary/aromatic N) is 1. The smallest absolute Gasteiger partial charge is 0.253 e. The lowest BCUT2D eigenvalue weighted by Gasteiger charge is -2.42. The minimum atomic E-state index is -0.0433. The van der Waals surface area contributed by atoms with Crippen LogP contribution in [0.1, 0.15) is 37.0 Å². The van der Waals surface area contributed by atoms with Crippen LogP contribution in [0.4, 0.5) is 0 Å². The van der Waals surface area contributed by atoms with E-state index in [2.05, 4.69) is 13.8 Å². The molecule has 5 nitrogen and oxygen atoms in total. The highest BCUT2D eigenvalue weighted by Gasteiger charge is 2.35. The summed E-state index contributed by atoms with van der Waals surface area (Å²) in [5.41, 5.74) is 6.79. The van der Waals surface area contributed by atoms with Crippen LogP contribution in [-0.2, 0) is 4.74 Å². The van der Waals surface area contributed by atoms with E-state index in [4.69, 9.17) is 15.2 Å². The van der Waals surface area contributed by atoms with Gasteiger partial charge in [-0.3, -0.25) is 4.79 Å². The summed E-state index contributed by atoms with van der Waals surface area (Å²) in [6.07, 6.45) is 1.69. The highest BCUT2D eigenvalue weighted by molar-refractivity contribution is 5.94. The predicted octanol–water partition coefficient (Wildman–Crippen LogP) is 2.72. The molecule has 0 spiro atoms. The van der Waals surface area contributed by atoms with Crippen LogP contribution in [0.25, 0.3) is 0 Å². The molecular formula is C18H29ClN2O3. The summed E-state index contributed by atoms with van der Waals surface area (Å²) in [4.78, 5) is 14.5. The highest BCUT2D eigenvalue weighted by Crippen LogP contribution is 2.28. The molecule has 1 atom stereocenters. The summed E-state index contributed by atoms with van der Waals surface area (Å²) in [5.74, 6) is 0.842. The minimum absolute atomic E-state index is 0. The molecule has 2 rings (SSSR count). The molecule has 1 unspecified atom stereocenters. The molecule has 0 aromatic heterocycles. The molecule has 1 heterocycles. The van der Waals surface area contributed by atoms with Gasteiger partial charge in [0.25, 0.3) is 5.91 Å². The van der Waals surface area contributed by atoms with Crippen LogP contribution in [0.2, 0.25) is 0 Å². The van der Waals surface area contributed by atoms with Crippen LogP contribution in [0.15, 0.2) is 24.3 Å². The molecule has 1 aliphatic heterocycles. The average molecular weight is 357 g/mol. The zero-order chi connectivity index (χ0) is 16.9. The van der Waals surface area contributed by atoms with Crippen molar-refractivity contribution in [2.45, 2.75) is 32.7 Å². The Labute approximate surface area is 150 Å². The summed E-state index contributed by atoms with van der Waals surface area (Å²) in [5, 5.41) is 0. The van der Waals surface area contributed by atoms with Gasteiger partial charge in [0.1, 0.15) is 5.75 Å². The van der Waals surface area contributed by atoms with Crippen LogP contribution in [0, 0.1) is 5.41 Å². The Morgan fingerprint density at radius 1 is 1.29 bits per heavy atom. The number of hydrogen-bond acceptors (Lipinski definition) is 4. The first kappa shape index (κ1) is 20.7. The molecule has 2 N–H and O–H groups in total. The van der Waals surface area contributed by atoms with Crippen molar-refractivity contribution in [1.82, 2.24) is 4.90 Å². The third-order valence-corrected chi connectivity index (χ3v) is 4.46. The highest BCUT2D eigenvalue weighted by atomic mass is 35.5. The SMILES string of the molecule is COCCCOc1ccc(C(=O)N2CCC(N)C(C)(C)C2)cc1.Cl. The van der Waals surface area contributed by atoms with E-state index in [1.165, 1.54) is 0 Å². The molecule has 1 aliphatic rings. The van der Waals surface area contributed by atoms with Crippen LogP contribution in [-0.4, -0.2) is 50.3 Å². The fourth-order valence-electron chi connectivity index (χ4n) is 2.82. The number of nitrogens with two attached hydrogens (primary N) is 1. The lowest BCUT2D eigenvalue weighted by atomic mass is 9.79. The number of halogens is 1. The molecule has 0 saturated carbocycles. The van der Waals surface area contributed by atoms with Crippen molar-refractivity contribution in [2.24, 2.45) is 11.1 Å². The molecule has 24 heavy (non-hydrogen) atoms.